The minimum absolute atomic E-state index is 0.0246. The summed E-state index contributed by atoms with van der Waals surface area (Å²) >= 11 is 0. The van der Waals surface area contributed by atoms with Gasteiger partial charge in [0.1, 0.15) is 11.3 Å². The number of aliphatic carboxylic acids is 1. The highest BCUT2D eigenvalue weighted by Gasteiger charge is 2.22. The number of hydrogen-bond donors (Lipinski definition) is 2. The molecule has 1 unspecified atom stereocenters. The summed E-state index contributed by atoms with van der Waals surface area (Å²) in [6, 6.07) is 10.5. The molecule has 0 spiro atoms. The lowest BCUT2D eigenvalue weighted by Crippen LogP contribution is -2.34. The van der Waals surface area contributed by atoms with E-state index in [1.807, 2.05) is 18.2 Å². The van der Waals surface area contributed by atoms with E-state index in [-0.39, 0.29) is 24.4 Å². The number of nitrogens with zero attached hydrogens (tertiary/aromatic N) is 1. The predicted octanol–water partition coefficient (Wildman–Crippen LogP) is 2.08. The van der Waals surface area contributed by atoms with E-state index in [0.717, 1.165) is 11.3 Å². The quantitative estimate of drug-likeness (QED) is 0.750. The van der Waals surface area contributed by atoms with E-state index in [2.05, 4.69) is 10.3 Å². The minimum Gasteiger partial charge on any atom is -0.496 e. The smallest absolute Gasteiger partial charge is 0.308 e. The van der Waals surface area contributed by atoms with E-state index in [4.69, 9.17) is 9.47 Å². The fourth-order valence-corrected chi connectivity index (χ4v) is 2.56. The number of aromatic nitrogens is 1. The van der Waals surface area contributed by atoms with Crippen LogP contribution in [0.3, 0.4) is 0 Å². The third-order valence-electron chi connectivity index (χ3n) is 3.95. The van der Waals surface area contributed by atoms with Crippen LogP contribution >= 0.6 is 0 Å². The summed E-state index contributed by atoms with van der Waals surface area (Å²) in [6.07, 6.45) is 0.239. The fraction of sp³-hybridized carbons (Fsp3) is 0.316. The Labute approximate surface area is 152 Å². The molecular formula is C19H22N2O5. The molecule has 7 nitrogen and oxygen atoms in total. The molecule has 0 bridgehead atoms. The molecule has 2 rings (SSSR count). The molecule has 2 N–H and O–H groups in total. The average Bonchev–Trinajstić information content (AvgIpc) is 2.64. The number of carbonyl (C=O) groups excluding carboxylic acids is 1. The Morgan fingerprint density at radius 3 is 2.54 bits per heavy atom. The first-order chi connectivity index (χ1) is 12.5. The Bertz CT molecular complexity index is 791. The van der Waals surface area contributed by atoms with Crippen LogP contribution in [0.25, 0.3) is 0 Å². The molecule has 7 heteroatoms. The van der Waals surface area contributed by atoms with Gasteiger partial charge in [-0.1, -0.05) is 18.2 Å². The summed E-state index contributed by atoms with van der Waals surface area (Å²) in [5.74, 6) is -1.39. The Balaban J connectivity index is 2.09. The monoisotopic (exact) mass is 358 g/mol. The van der Waals surface area contributed by atoms with E-state index < -0.39 is 17.8 Å². The van der Waals surface area contributed by atoms with E-state index in [1.165, 1.54) is 14.2 Å². The highest BCUT2D eigenvalue weighted by molar-refractivity contribution is 5.96. The Kier molecular flexibility index (Phi) is 6.54. The van der Waals surface area contributed by atoms with Gasteiger partial charge < -0.3 is 19.9 Å². The number of benzene rings is 1. The number of pyridine rings is 1. The molecule has 0 saturated carbocycles. The first-order valence-electron chi connectivity index (χ1n) is 8.10. The molecule has 1 aromatic carbocycles. The van der Waals surface area contributed by atoms with Gasteiger partial charge in [-0.3, -0.25) is 9.59 Å². The minimum atomic E-state index is -0.995. The van der Waals surface area contributed by atoms with Crippen LogP contribution in [0.15, 0.2) is 36.4 Å². The largest absolute Gasteiger partial charge is 0.496 e. The number of amides is 1. The van der Waals surface area contributed by atoms with Crippen molar-refractivity contribution in [1.82, 2.24) is 10.3 Å². The molecule has 1 amide bonds. The molecule has 138 valence electrons. The zero-order valence-electron chi connectivity index (χ0n) is 15.0. The van der Waals surface area contributed by atoms with E-state index in [9.17, 15) is 14.7 Å². The number of aryl methyl sites for hydroxylation is 1. The second-order valence-electron chi connectivity index (χ2n) is 5.77. The highest BCUT2D eigenvalue weighted by Crippen LogP contribution is 2.21. The number of carboxylic acids is 1. The zero-order valence-corrected chi connectivity index (χ0v) is 15.0. The van der Waals surface area contributed by atoms with Gasteiger partial charge in [-0.2, -0.15) is 0 Å². The van der Waals surface area contributed by atoms with Crippen LogP contribution in [0.4, 0.5) is 0 Å². The third-order valence-corrected chi connectivity index (χ3v) is 3.95. The number of methoxy groups -OCH3 is 2. The summed E-state index contributed by atoms with van der Waals surface area (Å²) in [5.41, 5.74) is 1.75. The highest BCUT2D eigenvalue weighted by atomic mass is 16.5. The summed E-state index contributed by atoms with van der Waals surface area (Å²) < 4.78 is 10.4. The van der Waals surface area contributed by atoms with Crippen LogP contribution in [-0.4, -0.2) is 42.7 Å². The molecule has 0 aliphatic heterocycles. The van der Waals surface area contributed by atoms with Gasteiger partial charge in [0.25, 0.3) is 5.91 Å². The first kappa shape index (κ1) is 19.2. The van der Waals surface area contributed by atoms with Gasteiger partial charge in [-0.05, 0) is 37.1 Å². The molecule has 0 aliphatic rings. The molecule has 0 radical (unpaired) electrons. The van der Waals surface area contributed by atoms with E-state index in [1.54, 1.807) is 25.1 Å². The van der Waals surface area contributed by atoms with Crippen molar-refractivity contribution in [3.63, 3.8) is 0 Å². The number of para-hydroxylation sites is 1. The van der Waals surface area contributed by atoms with Crippen molar-refractivity contribution in [2.75, 3.05) is 20.8 Å². The lowest BCUT2D eigenvalue weighted by molar-refractivity contribution is -0.141. The van der Waals surface area contributed by atoms with Crippen molar-refractivity contribution in [2.24, 2.45) is 5.92 Å². The van der Waals surface area contributed by atoms with Crippen LogP contribution < -0.4 is 14.8 Å². The molecule has 2 aromatic rings. The summed E-state index contributed by atoms with van der Waals surface area (Å²) in [5, 5.41) is 12.1. The van der Waals surface area contributed by atoms with Gasteiger partial charge in [0, 0.05) is 12.2 Å². The Hall–Kier alpha value is -3.09. The van der Waals surface area contributed by atoms with Crippen LogP contribution in [0.2, 0.25) is 0 Å². The molecule has 0 fully saturated rings. The molecular weight excluding hydrogens is 336 g/mol. The SMILES string of the molecule is COc1ccccc1CC(CNC(=O)c1ccc(C)nc1OC)C(=O)O. The topological polar surface area (TPSA) is 97.8 Å². The molecule has 1 atom stereocenters. The molecule has 0 saturated heterocycles. The number of hydrogen-bond acceptors (Lipinski definition) is 5. The van der Waals surface area contributed by atoms with Gasteiger partial charge in [-0.25, -0.2) is 4.98 Å². The second-order valence-corrected chi connectivity index (χ2v) is 5.77. The summed E-state index contributed by atoms with van der Waals surface area (Å²) in [4.78, 5) is 28.1. The van der Waals surface area contributed by atoms with Crippen LogP contribution in [0.1, 0.15) is 21.6 Å². The van der Waals surface area contributed by atoms with Crippen LogP contribution in [-0.2, 0) is 11.2 Å². The van der Waals surface area contributed by atoms with E-state index >= 15 is 0 Å². The Morgan fingerprint density at radius 1 is 1.15 bits per heavy atom. The first-order valence-corrected chi connectivity index (χ1v) is 8.10. The lowest BCUT2D eigenvalue weighted by Gasteiger charge is -2.16. The standard InChI is InChI=1S/C19H22N2O5/c1-12-8-9-15(18(21-12)26-3)17(22)20-11-14(19(23)24)10-13-6-4-5-7-16(13)25-2/h4-9,14H,10-11H2,1-3H3,(H,20,22)(H,23,24). The van der Waals surface area contributed by atoms with Crippen molar-refractivity contribution in [3.05, 3.63) is 53.2 Å². The van der Waals surface area contributed by atoms with Crippen molar-refractivity contribution >= 4 is 11.9 Å². The Morgan fingerprint density at radius 2 is 1.88 bits per heavy atom. The van der Waals surface area contributed by atoms with Crippen molar-refractivity contribution in [1.29, 1.82) is 0 Å². The maximum Gasteiger partial charge on any atom is 0.308 e. The summed E-state index contributed by atoms with van der Waals surface area (Å²) in [6.45, 7) is 1.77. The fourth-order valence-electron chi connectivity index (χ4n) is 2.56. The van der Waals surface area contributed by atoms with Crippen LogP contribution in [0, 0.1) is 12.8 Å². The molecule has 26 heavy (non-hydrogen) atoms. The normalized spacial score (nSPS) is 11.5. The van der Waals surface area contributed by atoms with E-state index in [0.29, 0.717) is 5.75 Å². The zero-order chi connectivity index (χ0) is 19.1. The molecule has 1 heterocycles. The maximum absolute atomic E-state index is 12.4. The number of nitrogens with one attached hydrogen (secondary N) is 1. The third kappa shape index (κ3) is 4.72. The number of carbonyl (C=O) groups is 2. The van der Waals surface area contributed by atoms with Crippen molar-refractivity contribution in [3.8, 4) is 11.6 Å². The van der Waals surface area contributed by atoms with Crippen LogP contribution in [0.5, 0.6) is 11.6 Å². The van der Waals surface area contributed by atoms with Gasteiger partial charge in [0.2, 0.25) is 5.88 Å². The van der Waals surface area contributed by atoms with Gasteiger partial charge >= 0.3 is 5.97 Å². The predicted molar refractivity (Wildman–Crippen MR) is 95.7 cm³/mol. The number of ether oxygens (including phenoxy) is 2. The molecule has 0 aliphatic carbocycles. The summed E-state index contributed by atoms with van der Waals surface area (Å²) in [7, 11) is 2.97. The molecule has 1 aromatic heterocycles. The average molecular weight is 358 g/mol. The lowest BCUT2D eigenvalue weighted by atomic mass is 9.98. The maximum atomic E-state index is 12.4. The van der Waals surface area contributed by atoms with Crippen molar-refractivity contribution < 1.29 is 24.2 Å². The number of carboxylic acid groups (broad SMARTS) is 1. The van der Waals surface area contributed by atoms with Gasteiger partial charge in [0.15, 0.2) is 0 Å². The van der Waals surface area contributed by atoms with Gasteiger partial charge in [0.05, 0.1) is 20.1 Å². The van der Waals surface area contributed by atoms with Gasteiger partial charge in [-0.15, -0.1) is 0 Å². The second kappa shape index (κ2) is 8.84. The van der Waals surface area contributed by atoms with Crippen molar-refractivity contribution in [2.45, 2.75) is 13.3 Å². The number of rotatable bonds is 8.